The molecule has 0 aliphatic heterocycles. The van der Waals surface area contributed by atoms with E-state index in [-0.39, 0.29) is 0 Å². The van der Waals surface area contributed by atoms with E-state index in [0.29, 0.717) is 11.5 Å². The number of ether oxygens (including phenoxy) is 2. The molecule has 0 spiro atoms. The summed E-state index contributed by atoms with van der Waals surface area (Å²) < 4.78 is 9.42. The maximum absolute atomic E-state index is 8.39. The van der Waals surface area contributed by atoms with E-state index in [0.717, 1.165) is 17.5 Å². The van der Waals surface area contributed by atoms with Crippen molar-refractivity contribution in [1.82, 2.24) is 0 Å². The van der Waals surface area contributed by atoms with Gasteiger partial charge in [0.05, 0.1) is 0 Å². The first kappa shape index (κ1) is 16.1. The molecule has 2 rings (SSSR count). The van der Waals surface area contributed by atoms with Crippen LogP contribution in [0.5, 0.6) is 11.5 Å². The van der Waals surface area contributed by atoms with Crippen LogP contribution in [-0.4, -0.2) is 0 Å². The predicted molar refractivity (Wildman–Crippen MR) is 79.5 cm³/mol. The van der Waals surface area contributed by atoms with Crippen LogP contribution in [-0.2, 0) is 6.42 Å². The largest absolute Gasteiger partial charge is 0.388 e. The Bertz CT molecular complexity index is 562. The molecular formula is C17H16N2O2. The van der Waals surface area contributed by atoms with Crippen molar-refractivity contribution >= 4 is 0 Å². The van der Waals surface area contributed by atoms with Crippen LogP contribution < -0.4 is 9.47 Å². The summed E-state index contributed by atoms with van der Waals surface area (Å²) in [6.45, 7) is 4.00. The third-order valence-corrected chi connectivity index (χ3v) is 2.58. The van der Waals surface area contributed by atoms with Crippen molar-refractivity contribution in [3.8, 4) is 24.0 Å². The Morgan fingerprint density at radius 2 is 1.05 bits per heavy atom. The molecule has 0 fully saturated rings. The molecule has 4 nitrogen and oxygen atoms in total. The van der Waals surface area contributed by atoms with Crippen LogP contribution in [0, 0.1) is 23.0 Å². The lowest BCUT2D eigenvalue weighted by atomic mass is 10.0. The number of hydrogen-bond donors (Lipinski definition) is 0. The Hall–Kier alpha value is -2.98. The molecule has 0 amide bonds. The highest BCUT2D eigenvalue weighted by atomic mass is 16.5. The fourth-order valence-corrected chi connectivity index (χ4v) is 1.69. The van der Waals surface area contributed by atoms with Gasteiger partial charge in [0.2, 0.25) is 0 Å². The Balaban J connectivity index is 0.00000106. The molecule has 0 aliphatic rings. The van der Waals surface area contributed by atoms with Gasteiger partial charge >= 0.3 is 0 Å². The molecule has 0 aliphatic carbocycles. The summed E-state index contributed by atoms with van der Waals surface area (Å²) in [5.74, 6) is 1.06. The van der Waals surface area contributed by atoms with E-state index in [1.165, 1.54) is 0 Å². The van der Waals surface area contributed by atoms with Gasteiger partial charge in [0.1, 0.15) is 11.5 Å². The topological polar surface area (TPSA) is 66.0 Å². The van der Waals surface area contributed by atoms with Crippen LogP contribution in [0.2, 0.25) is 0 Å². The van der Waals surface area contributed by atoms with E-state index in [2.05, 4.69) is 0 Å². The summed E-state index contributed by atoms with van der Waals surface area (Å²) in [7, 11) is 0. The van der Waals surface area contributed by atoms with Crippen LogP contribution in [0.25, 0.3) is 0 Å². The number of benzene rings is 2. The number of hydrogen-bond acceptors (Lipinski definition) is 4. The van der Waals surface area contributed by atoms with Gasteiger partial charge in [-0.2, -0.15) is 0 Å². The molecule has 21 heavy (non-hydrogen) atoms. The van der Waals surface area contributed by atoms with Crippen LogP contribution >= 0.6 is 0 Å². The number of nitrogens with zero attached hydrogens (tertiary/aromatic N) is 2. The molecule has 0 radical (unpaired) electrons. The van der Waals surface area contributed by atoms with E-state index in [1.807, 2.05) is 38.1 Å². The monoisotopic (exact) mass is 280 g/mol. The van der Waals surface area contributed by atoms with Gasteiger partial charge in [-0.3, -0.25) is 0 Å². The number of rotatable bonds is 4. The molecule has 2 aromatic carbocycles. The van der Waals surface area contributed by atoms with E-state index in [9.17, 15) is 0 Å². The maximum Gasteiger partial charge on any atom is 0.292 e. The Labute approximate surface area is 124 Å². The highest BCUT2D eigenvalue weighted by Gasteiger charge is 1.99. The molecule has 0 heterocycles. The van der Waals surface area contributed by atoms with Crippen LogP contribution in [0.4, 0.5) is 0 Å². The summed E-state index contributed by atoms with van der Waals surface area (Å²) in [5, 5.41) is 16.8. The van der Waals surface area contributed by atoms with Crippen LogP contribution in [0.3, 0.4) is 0 Å². The standard InChI is InChI=1S/C15H10N2O2.C2H6/c16-10-18-14-5-1-12(2-6-14)9-13-3-7-15(8-4-13)19-11-17;1-2/h1-8H,9H2;1-2H3. The third kappa shape index (κ3) is 5.26. The van der Waals surface area contributed by atoms with E-state index in [4.69, 9.17) is 20.0 Å². The molecule has 4 heteroatoms. The van der Waals surface area contributed by atoms with Crippen molar-refractivity contribution in [1.29, 1.82) is 10.5 Å². The maximum atomic E-state index is 8.39. The van der Waals surface area contributed by atoms with Gasteiger partial charge in [-0.25, -0.2) is 0 Å². The van der Waals surface area contributed by atoms with Gasteiger partial charge in [-0.1, -0.05) is 38.1 Å². The van der Waals surface area contributed by atoms with Gasteiger partial charge in [0.15, 0.2) is 0 Å². The molecule has 0 aromatic heterocycles. The van der Waals surface area contributed by atoms with Crippen molar-refractivity contribution in [3.05, 3.63) is 59.7 Å². The summed E-state index contributed by atoms with van der Waals surface area (Å²) in [5.41, 5.74) is 2.22. The lowest BCUT2D eigenvalue weighted by molar-refractivity contribution is 0.507. The molecule has 0 unspecified atom stereocenters. The molecule has 0 bridgehead atoms. The molecule has 0 saturated carbocycles. The smallest absolute Gasteiger partial charge is 0.292 e. The summed E-state index contributed by atoms with van der Waals surface area (Å²) in [6, 6.07) is 14.7. The fraction of sp³-hybridized carbons (Fsp3) is 0.176. The zero-order valence-corrected chi connectivity index (χ0v) is 12.0. The second kappa shape index (κ2) is 9.01. The molecule has 2 aromatic rings. The Kier molecular flexibility index (Phi) is 6.90. The van der Waals surface area contributed by atoms with Gasteiger partial charge < -0.3 is 9.47 Å². The van der Waals surface area contributed by atoms with E-state index in [1.54, 1.807) is 36.8 Å². The average Bonchev–Trinajstić information content (AvgIpc) is 2.54. The number of nitriles is 2. The first-order valence-corrected chi connectivity index (χ1v) is 6.61. The van der Waals surface area contributed by atoms with Crippen molar-refractivity contribution in [2.45, 2.75) is 20.3 Å². The summed E-state index contributed by atoms with van der Waals surface area (Å²) in [6.07, 6.45) is 4.03. The van der Waals surface area contributed by atoms with Crippen molar-refractivity contribution in [2.24, 2.45) is 0 Å². The van der Waals surface area contributed by atoms with Crippen molar-refractivity contribution in [2.75, 3.05) is 0 Å². The lowest BCUT2D eigenvalue weighted by Gasteiger charge is -2.03. The molecular weight excluding hydrogens is 264 g/mol. The highest BCUT2D eigenvalue weighted by molar-refractivity contribution is 5.34. The average molecular weight is 280 g/mol. The first-order chi connectivity index (χ1) is 10.3. The second-order valence-electron chi connectivity index (χ2n) is 3.85. The minimum absolute atomic E-state index is 0.531. The lowest BCUT2D eigenvalue weighted by Crippen LogP contribution is -1.89. The SMILES string of the molecule is CC.N#COc1ccc(Cc2ccc(OC#N)cc2)cc1. The van der Waals surface area contributed by atoms with Crippen LogP contribution in [0.15, 0.2) is 48.5 Å². The van der Waals surface area contributed by atoms with Gasteiger partial charge in [-0.15, -0.1) is 10.5 Å². The third-order valence-electron chi connectivity index (χ3n) is 2.58. The van der Waals surface area contributed by atoms with Gasteiger partial charge in [0.25, 0.3) is 12.5 Å². The highest BCUT2D eigenvalue weighted by Crippen LogP contribution is 2.17. The summed E-state index contributed by atoms with van der Waals surface area (Å²) in [4.78, 5) is 0. The molecule has 0 N–H and O–H groups in total. The molecule has 0 atom stereocenters. The van der Waals surface area contributed by atoms with Crippen LogP contribution in [0.1, 0.15) is 25.0 Å². The normalized spacial score (nSPS) is 8.57. The van der Waals surface area contributed by atoms with Crippen molar-refractivity contribution < 1.29 is 9.47 Å². The Morgan fingerprint density at radius 1 is 0.714 bits per heavy atom. The minimum atomic E-state index is 0.531. The van der Waals surface area contributed by atoms with E-state index < -0.39 is 0 Å². The predicted octanol–water partition coefficient (Wildman–Crippen LogP) is 4.02. The fourth-order valence-electron chi connectivity index (χ4n) is 1.69. The molecule has 106 valence electrons. The van der Waals surface area contributed by atoms with E-state index >= 15 is 0 Å². The quantitative estimate of drug-likeness (QED) is 0.793. The summed E-state index contributed by atoms with van der Waals surface area (Å²) >= 11 is 0. The van der Waals surface area contributed by atoms with Gasteiger partial charge in [0, 0.05) is 0 Å². The van der Waals surface area contributed by atoms with Gasteiger partial charge in [-0.05, 0) is 41.8 Å². The first-order valence-electron chi connectivity index (χ1n) is 6.61. The zero-order valence-electron chi connectivity index (χ0n) is 12.0. The van der Waals surface area contributed by atoms with Crippen molar-refractivity contribution in [3.63, 3.8) is 0 Å². The minimum Gasteiger partial charge on any atom is -0.388 e. The Morgan fingerprint density at radius 3 is 1.33 bits per heavy atom. The molecule has 0 saturated heterocycles. The second-order valence-corrected chi connectivity index (χ2v) is 3.85. The zero-order chi connectivity index (χ0) is 15.5.